The van der Waals surface area contributed by atoms with Crippen LogP contribution in [-0.4, -0.2) is 9.78 Å². The molecule has 1 aromatic carbocycles. The van der Waals surface area contributed by atoms with Crippen LogP contribution in [0.4, 0.5) is 0 Å². The van der Waals surface area contributed by atoms with Gasteiger partial charge in [-0.15, -0.1) is 0 Å². The highest BCUT2D eigenvalue weighted by Crippen LogP contribution is 2.21. The third-order valence-electron chi connectivity index (χ3n) is 3.07. The van der Waals surface area contributed by atoms with E-state index in [2.05, 4.69) is 67.4 Å². The fourth-order valence-electron chi connectivity index (χ4n) is 1.97. The van der Waals surface area contributed by atoms with Gasteiger partial charge in [-0.3, -0.25) is 4.68 Å². The largest absolute Gasteiger partial charge is 0.307 e. The molecular weight excluding hydrogens is 370 g/mol. The Bertz CT molecular complexity index is 564. The lowest BCUT2D eigenvalue weighted by Crippen LogP contribution is -2.15. The molecule has 19 heavy (non-hydrogen) atoms. The van der Waals surface area contributed by atoms with Crippen LogP contribution >= 0.6 is 31.9 Å². The van der Waals surface area contributed by atoms with Crippen LogP contribution in [0.2, 0.25) is 0 Å². The highest BCUT2D eigenvalue weighted by atomic mass is 79.9. The molecule has 2 rings (SSSR count). The van der Waals surface area contributed by atoms with E-state index in [-0.39, 0.29) is 0 Å². The normalized spacial score (nSPS) is 10.9. The van der Waals surface area contributed by atoms with Gasteiger partial charge in [0.25, 0.3) is 0 Å². The molecule has 3 nitrogen and oxygen atoms in total. The molecule has 0 radical (unpaired) electrons. The summed E-state index contributed by atoms with van der Waals surface area (Å²) >= 11 is 7.19. The number of rotatable bonds is 5. The first kappa shape index (κ1) is 14.8. The van der Waals surface area contributed by atoms with Crippen molar-refractivity contribution >= 4 is 31.9 Å². The highest BCUT2D eigenvalue weighted by Gasteiger charge is 2.11. The van der Waals surface area contributed by atoms with Crippen LogP contribution in [0.1, 0.15) is 23.9 Å². The molecule has 0 bridgehead atoms. The van der Waals surface area contributed by atoms with Crippen LogP contribution in [0, 0.1) is 0 Å². The lowest BCUT2D eigenvalue weighted by Gasteiger charge is -2.07. The molecule has 1 heterocycles. The van der Waals surface area contributed by atoms with E-state index < -0.39 is 0 Å². The first-order valence-electron chi connectivity index (χ1n) is 6.27. The summed E-state index contributed by atoms with van der Waals surface area (Å²) in [4.78, 5) is 0. The Hall–Kier alpha value is -0.650. The van der Waals surface area contributed by atoms with E-state index in [9.17, 15) is 0 Å². The SMILES string of the molecule is CCc1nn(C)c(CNCc2ccccc2Br)c1Br. The summed E-state index contributed by atoms with van der Waals surface area (Å²) in [6, 6.07) is 8.26. The quantitative estimate of drug-likeness (QED) is 0.846. The van der Waals surface area contributed by atoms with Crippen LogP contribution in [0.3, 0.4) is 0 Å². The Morgan fingerprint density at radius 1 is 1.21 bits per heavy atom. The van der Waals surface area contributed by atoms with Crippen molar-refractivity contribution in [1.29, 1.82) is 0 Å². The van der Waals surface area contributed by atoms with E-state index in [4.69, 9.17) is 0 Å². The first-order valence-corrected chi connectivity index (χ1v) is 7.86. The highest BCUT2D eigenvalue weighted by molar-refractivity contribution is 9.10. The predicted molar refractivity (Wildman–Crippen MR) is 85.0 cm³/mol. The lowest BCUT2D eigenvalue weighted by molar-refractivity contribution is 0.621. The van der Waals surface area contributed by atoms with Gasteiger partial charge in [-0.2, -0.15) is 5.10 Å². The molecule has 0 saturated heterocycles. The number of hydrogen-bond donors (Lipinski definition) is 1. The van der Waals surface area contributed by atoms with Gasteiger partial charge >= 0.3 is 0 Å². The molecule has 0 unspecified atom stereocenters. The van der Waals surface area contributed by atoms with Crippen molar-refractivity contribution in [2.75, 3.05) is 0 Å². The number of benzene rings is 1. The molecule has 1 aromatic heterocycles. The van der Waals surface area contributed by atoms with Crippen molar-refractivity contribution < 1.29 is 0 Å². The molecular formula is C14H17Br2N3. The number of nitrogens with zero attached hydrogens (tertiary/aromatic N) is 2. The average molecular weight is 387 g/mol. The minimum atomic E-state index is 0.797. The van der Waals surface area contributed by atoms with Gasteiger partial charge in [0, 0.05) is 24.6 Å². The smallest absolute Gasteiger partial charge is 0.0767 e. The second-order valence-electron chi connectivity index (χ2n) is 4.38. The molecule has 0 saturated carbocycles. The second kappa shape index (κ2) is 6.68. The molecule has 102 valence electrons. The van der Waals surface area contributed by atoms with Crippen LogP contribution in [0.5, 0.6) is 0 Å². The van der Waals surface area contributed by atoms with Gasteiger partial charge in [-0.05, 0) is 34.0 Å². The zero-order chi connectivity index (χ0) is 13.8. The number of halogens is 2. The lowest BCUT2D eigenvalue weighted by atomic mass is 10.2. The Morgan fingerprint density at radius 3 is 2.58 bits per heavy atom. The van der Waals surface area contributed by atoms with Crippen molar-refractivity contribution in [3.05, 3.63) is 50.2 Å². The summed E-state index contributed by atoms with van der Waals surface area (Å²) in [5.74, 6) is 0. The molecule has 0 aliphatic rings. The number of nitrogens with one attached hydrogen (secondary N) is 1. The molecule has 0 aliphatic carbocycles. The van der Waals surface area contributed by atoms with Crippen LogP contribution in [0.25, 0.3) is 0 Å². The van der Waals surface area contributed by atoms with E-state index in [0.717, 1.165) is 34.1 Å². The topological polar surface area (TPSA) is 29.9 Å². The molecule has 0 fully saturated rings. The maximum atomic E-state index is 4.49. The summed E-state index contributed by atoms with van der Waals surface area (Å²) in [6.07, 6.45) is 0.943. The van der Waals surface area contributed by atoms with Gasteiger partial charge in [0.05, 0.1) is 15.9 Å². The molecule has 0 atom stereocenters. The van der Waals surface area contributed by atoms with Gasteiger partial charge in [-0.25, -0.2) is 0 Å². The van der Waals surface area contributed by atoms with Crippen molar-refractivity contribution in [2.45, 2.75) is 26.4 Å². The van der Waals surface area contributed by atoms with Gasteiger partial charge < -0.3 is 5.32 Å². The van der Waals surface area contributed by atoms with E-state index in [1.807, 2.05) is 17.8 Å². The standard InChI is InChI=1S/C14H17Br2N3/c1-3-12-14(16)13(19(2)18-12)9-17-8-10-6-4-5-7-11(10)15/h4-7,17H,3,8-9H2,1-2H3. The minimum Gasteiger partial charge on any atom is -0.307 e. The predicted octanol–water partition coefficient (Wildman–Crippen LogP) is 3.80. The van der Waals surface area contributed by atoms with E-state index in [1.165, 1.54) is 11.3 Å². The van der Waals surface area contributed by atoms with Crippen molar-refractivity contribution in [1.82, 2.24) is 15.1 Å². The zero-order valence-corrected chi connectivity index (χ0v) is 14.3. The molecule has 1 N–H and O–H groups in total. The van der Waals surface area contributed by atoms with Gasteiger partial charge in [0.15, 0.2) is 0 Å². The average Bonchev–Trinajstić information content (AvgIpc) is 2.68. The Labute approximate surface area is 130 Å². The third kappa shape index (κ3) is 3.46. The van der Waals surface area contributed by atoms with Crippen LogP contribution < -0.4 is 5.32 Å². The molecule has 2 aromatic rings. The maximum absolute atomic E-state index is 4.49. The Morgan fingerprint density at radius 2 is 1.95 bits per heavy atom. The fourth-order valence-corrected chi connectivity index (χ4v) is 3.15. The van der Waals surface area contributed by atoms with Crippen LogP contribution in [-0.2, 0) is 26.6 Å². The summed E-state index contributed by atoms with van der Waals surface area (Å²) in [7, 11) is 1.99. The number of aryl methyl sites for hydroxylation is 2. The molecule has 5 heteroatoms. The van der Waals surface area contributed by atoms with Crippen LogP contribution in [0.15, 0.2) is 33.2 Å². The number of hydrogen-bond acceptors (Lipinski definition) is 2. The Balaban J connectivity index is 2.00. The summed E-state index contributed by atoms with van der Waals surface area (Å²) in [5, 5.41) is 7.95. The molecule has 0 aliphatic heterocycles. The second-order valence-corrected chi connectivity index (χ2v) is 6.03. The van der Waals surface area contributed by atoms with Crippen molar-refractivity contribution in [2.24, 2.45) is 7.05 Å². The molecule has 0 spiro atoms. The monoisotopic (exact) mass is 385 g/mol. The van der Waals surface area contributed by atoms with Crippen molar-refractivity contribution in [3.63, 3.8) is 0 Å². The number of aromatic nitrogens is 2. The van der Waals surface area contributed by atoms with E-state index in [0.29, 0.717) is 0 Å². The summed E-state index contributed by atoms with van der Waals surface area (Å²) in [6.45, 7) is 3.75. The third-order valence-corrected chi connectivity index (χ3v) is 4.76. The fraction of sp³-hybridized carbons (Fsp3) is 0.357. The summed E-state index contributed by atoms with van der Waals surface area (Å²) < 4.78 is 4.20. The first-order chi connectivity index (χ1) is 9.13. The Kier molecular flexibility index (Phi) is 5.19. The van der Waals surface area contributed by atoms with E-state index >= 15 is 0 Å². The van der Waals surface area contributed by atoms with Gasteiger partial charge in [-0.1, -0.05) is 41.1 Å². The minimum absolute atomic E-state index is 0.797. The summed E-state index contributed by atoms with van der Waals surface area (Å²) in [5.41, 5.74) is 3.56. The van der Waals surface area contributed by atoms with E-state index in [1.54, 1.807) is 0 Å². The van der Waals surface area contributed by atoms with Gasteiger partial charge in [0.1, 0.15) is 0 Å². The molecule has 0 amide bonds. The van der Waals surface area contributed by atoms with Crippen molar-refractivity contribution in [3.8, 4) is 0 Å². The zero-order valence-electron chi connectivity index (χ0n) is 11.1. The maximum Gasteiger partial charge on any atom is 0.0767 e. The van der Waals surface area contributed by atoms with Gasteiger partial charge in [0.2, 0.25) is 0 Å².